The van der Waals surface area contributed by atoms with Crippen molar-refractivity contribution in [2.45, 2.75) is 13.3 Å². The Morgan fingerprint density at radius 2 is 1.50 bits per heavy atom. The molecule has 0 aliphatic carbocycles. The first-order valence-corrected chi connectivity index (χ1v) is 7.74. The first-order valence-electron chi connectivity index (χ1n) is 7.74. The Kier molecular flexibility index (Phi) is 10.4. The number of nitrogens with zero attached hydrogens (tertiary/aromatic N) is 2. The zero-order valence-electron chi connectivity index (χ0n) is 13.9. The first kappa shape index (κ1) is 18.7. The van der Waals surface area contributed by atoms with Gasteiger partial charge >= 0.3 is 0 Å². The predicted molar refractivity (Wildman–Crippen MR) is 86.8 cm³/mol. The molecule has 6 heteroatoms. The van der Waals surface area contributed by atoms with E-state index in [4.69, 9.17) is 18.9 Å². The van der Waals surface area contributed by atoms with Crippen molar-refractivity contribution >= 4 is 5.82 Å². The molecule has 0 bridgehead atoms. The van der Waals surface area contributed by atoms with Crippen LogP contribution in [0.3, 0.4) is 0 Å². The fourth-order valence-electron chi connectivity index (χ4n) is 1.73. The minimum Gasteiger partial charge on any atom is -0.487 e. The van der Waals surface area contributed by atoms with Crippen LogP contribution in [0, 0.1) is 0 Å². The second-order valence-electron chi connectivity index (χ2n) is 4.91. The molecule has 22 heavy (non-hydrogen) atoms. The van der Waals surface area contributed by atoms with Gasteiger partial charge in [-0.25, -0.2) is 4.98 Å². The minimum absolute atomic E-state index is 0.492. The van der Waals surface area contributed by atoms with Crippen LogP contribution >= 0.6 is 0 Å². The van der Waals surface area contributed by atoms with Crippen LogP contribution in [0.25, 0.3) is 0 Å². The molecule has 0 N–H and O–H groups in total. The van der Waals surface area contributed by atoms with E-state index >= 15 is 0 Å². The van der Waals surface area contributed by atoms with E-state index in [9.17, 15) is 0 Å². The standard InChI is InChI=1S/C16H28N2O4/c1-4-8-19-9-10-20-11-12-21-13-14-22-15-6-5-7-17-16(15)18(2)3/h5-7H,4,8-14H2,1-3H3. The SMILES string of the molecule is CCCOCCOCCOCCOc1cccnc1N(C)C. The van der Waals surface area contributed by atoms with Gasteiger partial charge in [0.25, 0.3) is 0 Å². The fraction of sp³-hybridized carbons (Fsp3) is 0.688. The molecule has 0 radical (unpaired) electrons. The summed E-state index contributed by atoms with van der Waals surface area (Å²) < 4.78 is 21.8. The van der Waals surface area contributed by atoms with Crippen LogP contribution in [-0.4, -0.2) is 65.3 Å². The van der Waals surface area contributed by atoms with Crippen molar-refractivity contribution in [1.82, 2.24) is 4.98 Å². The third-order valence-electron chi connectivity index (χ3n) is 2.75. The molecule has 0 saturated heterocycles. The summed E-state index contributed by atoms with van der Waals surface area (Å²) in [6, 6.07) is 3.76. The van der Waals surface area contributed by atoms with E-state index in [-0.39, 0.29) is 0 Å². The normalized spacial score (nSPS) is 10.7. The van der Waals surface area contributed by atoms with Gasteiger partial charge in [-0.05, 0) is 18.6 Å². The van der Waals surface area contributed by atoms with Gasteiger partial charge in [0.15, 0.2) is 11.6 Å². The summed E-state index contributed by atoms with van der Waals surface area (Å²) in [5.41, 5.74) is 0. The van der Waals surface area contributed by atoms with Gasteiger partial charge in [0.05, 0.1) is 33.0 Å². The number of aromatic nitrogens is 1. The lowest BCUT2D eigenvalue weighted by molar-refractivity contribution is 0.00946. The predicted octanol–water partition coefficient (Wildman–Crippen LogP) is 1.99. The largest absolute Gasteiger partial charge is 0.487 e. The maximum Gasteiger partial charge on any atom is 0.170 e. The molecule has 0 atom stereocenters. The average molecular weight is 312 g/mol. The van der Waals surface area contributed by atoms with E-state index in [1.54, 1.807) is 6.20 Å². The topological polar surface area (TPSA) is 53.1 Å². The molecule has 0 aliphatic rings. The second kappa shape index (κ2) is 12.2. The van der Waals surface area contributed by atoms with Gasteiger partial charge in [0.2, 0.25) is 0 Å². The Morgan fingerprint density at radius 3 is 2.09 bits per heavy atom. The summed E-state index contributed by atoms with van der Waals surface area (Å²) in [6.45, 7) is 6.29. The van der Waals surface area contributed by atoms with E-state index in [2.05, 4.69) is 11.9 Å². The van der Waals surface area contributed by atoms with E-state index < -0.39 is 0 Å². The van der Waals surface area contributed by atoms with E-state index in [1.807, 2.05) is 31.1 Å². The second-order valence-corrected chi connectivity index (χ2v) is 4.91. The van der Waals surface area contributed by atoms with Gasteiger partial charge in [-0.3, -0.25) is 0 Å². The van der Waals surface area contributed by atoms with Gasteiger partial charge in [0.1, 0.15) is 6.61 Å². The Labute approximate surface area is 133 Å². The maximum atomic E-state index is 5.68. The van der Waals surface area contributed by atoms with Crippen molar-refractivity contribution in [2.75, 3.05) is 65.2 Å². The lowest BCUT2D eigenvalue weighted by Crippen LogP contribution is -2.15. The minimum atomic E-state index is 0.492. The fourth-order valence-corrected chi connectivity index (χ4v) is 1.73. The van der Waals surface area contributed by atoms with Crippen LogP contribution in [0.4, 0.5) is 5.82 Å². The van der Waals surface area contributed by atoms with Crippen molar-refractivity contribution < 1.29 is 18.9 Å². The average Bonchev–Trinajstić information content (AvgIpc) is 2.53. The Bertz CT molecular complexity index is 388. The summed E-state index contributed by atoms with van der Waals surface area (Å²) in [6.07, 6.45) is 2.79. The highest BCUT2D eigenvalue weighted by Gasteiger charge is 2.05. The monoisotopic (exact) mass is 312 g/mol. The van der Waals surface area contributed by atoms with Crippen LogP contribution in [0.1, 0.15) is 13.3 Å². The molecule has 126 valence electrons. The first-order chi connectivity index (χ1) is 10.8. The van der Waals surface area contributed by atoms with Crippen LogP contribution in [0.15, 0.2) is 18.3 Å². The molecule has 0 aromatic carbocycles. The molecule has 0 unspecified atom stereocenters. The van der Waals surface area contributed by atoms with Crippen molar-refractivity contribution in [3.8, 4) is 5.75 Å². The van der Waals surface area contributed by atoms with Crippen LogP contribution in [0.5, 0.6) is 5.75 Å². The molecule has 1 heterocycles. The molecule has 0 aliphatic heterocycles. The van der Waals surface area contributed by atoms with Crippen molar-refractivity contribution in [3.05, 3.63) is 18.3 Å². The molecular weight excluding hydrogens is 284 g/mol. The number of anilines is 1. The molecule has 6 nitrogen and oxygen atoms in total. The number of hydrogen-bond acceptors (Lipinski definition) is 6. The van der Waals surface area contributed by atoms with E-state index in [0.29, 0.717) is 39.6 Å². The molecule has 0 spiro atoms. The van der Waals surface area contributed by atoms with Crippen molar-refractivity contribution in [1.29, 1.82) is 0 Å². The zero-order chi connectivity index (χ0) is 16.0. The van der Waals surface area contributed by atoms with Crippen LogP contribution in [0.2, 0.25) is 0 Å². The molecule has 0 amide bonds. The summed E-state index contributed by atoms with van der Waals surface area (Å²) in [5, 5.41) is 0. The lowest BCUT2D eigenvalue weighted by Gasteiger charge is -2.16. The number of pyridine rings is 1. The van der Waals surface area contributed by atoms with E-state index in [0.717, 1.165) is 24.6 Å². The summed E-state index contributed by atoms with van der Waals surface area (Å²) in [5.74, 6) is 1.58. The zero-order valence-corrected chi connectivity index (χ0v) is 13.9. The molecule has 1 aromatic rings. The summed E-state index contributed by atoms with van der Waals surface area (Å²) in [4.78, 5) is 6.20. The van der Waals surface area contributed by atoms with E-state index in [1.165, 1.54) is 0 Å². The summed E-state index contributed by atoms with van der Waals surface area (Å²) >= 11 is 0. The number of rotatable bonds is 13. The highest BCUT2D eigenvalue weighted by molar-refractivity contribution is 5.50. The van der Waals surface area contributed by atoms with Gasteiger partial charge in [-0.2, -0.15) is 0 Å². The molecule has 1 rings (SSSR count). The maximum absolute atomic E-state index is 5.68. The third-order valence-corrected chi connectivity index (χ3v) is 2.75. The molecule has 0 saturated carbocycles. The Morgan fingerprint density at radius 1 is 0.909 bits per heavy atom. The van der Waals surface area contributed by atoms with Gasteiger partial charge in [0, 0.05) is 26.9 Å². The number of hydrogen-bond donors (Lipinski definition) is 0. The summed E-state index contributed by atoms with van der Waals surface area (Å²) in [7, 11) is 3.88. The highest BCUT2D eigenvalue weighted by atomic mass is 16.6. The molecule has 1 aromatic heterocycles. The molecule has 0 fully saturated rings. The highest BCUT2D eigenvalue weighted by Crippen LogP contribution is 2.22. The van der Waals surface area contributed by atoms with Crippen molar-refractivity contribution in [2.24, 2.45) is 0 Å². The van der Waals surface area contributed by atoms with Gasteiger partial charge in [-0.1, -0.05) is 6.92 Å². The Hall–Kier alpha value is -1.37. The number of ether oxygens (including phenoxy) is 4. The third kappa shape index (κ3) is 8.17. The smallest absolute Gasteiger partial charge is 0.170 e. The van der Waals surface area contributed by atoms with Gasteiger partial charge in [-0.15, -0.1) is 0 Å². The van der Waals surface area contributed by atoms with Crippen molar-refractivity contribution in [3.63, 3.8) is 0 Å². The van der Waals surface area contributed by atoms with Crippen LogP contribution in [-0.2, 0) is 14.2 Å². The van der Waals surface area contributed by atoms with Crippen LogP contribution < -0.4 is 9.64 Å². The Balaban J connectivity index is 2.00. The lowest BCUT2D eigenvalue weighted by atomic mass is 10.4. The molecular formula is C16H28N2O4. The quantitative estimate of drug-likeness (QED) is 0.519. The van der Waals surface area contributed by atoms with Gasteiger partial charge < -0.3 is 23.8 Å².